The number of anilines is 1. The smallest absolute Gasteiger partial charge is 0.434 e. The van der Waals surface area contributed by atoms with Gasteiger partial charge in [-0.3, -0.25) is 5.43 Å². The van der Waals surface area contributed by atoms with Gasteiger partial charge in [0.25, 0.3) is 0 Å². The molecule has 1 aromatic carbocycles. The van der Waals surface area contributed by atoms with Crippen LogP contribution in [0.4, 0.5) is 10.5 Å². The first kappa shape index (κ1) is 11.5. The highest BCUT2D eigenvalue weighted by molar-refractivity contribution is 5.76. The van der Waals surface area contributed by atoms with Crippen LogP contribution in [0.5, 0.6) is 0 Å². The Bertz CT molecular complexity index is 444. The first-order valence-corrected chi connectivity index (χ1v) is 5.61. The van der Waals surface area contributed by atoms with Crippen molar-refractivity contribution in [3.05, 3.63) is 42.6 Å². The van der Waals surface area contributed by atoms with E-state index in [-0.39, 0.29) is 0 Å². The number of hydrogen-bond acceptors (Lipinski definition) is 3. The molecule has 1 unspecified atom stereocenters. The van der Waals surface area contributed by atoms with Gasteiger partial charge in [0, 0.05) is 0 Å². The second-order valence-corrected chi connectivity index (χ2v) is 4.21. The number of cyclic esters (lactones) is 1. The van der Waals surface area contributed by atoms with E-state index in [1.54, 1.807) is 0 Å². The summed E-state index contributed by atoms with van der Waals surface area (Å²) < 4.78 is 5.32. The monoisotopic (exact) mass is 232 g/mol. The van der Waals surface area contributed by atoms with E-state index in [2.05, 4.69) is 12.0 Å². The van der Waals surface area contributed by atoms with E-state index < -0.39 is 11.7 Å². The fourth-order valence-electron chi connectivity index (χ4n) is 1.68. The van der Waals surface area contributed by atoms with Crippen molar-refractivity contribution in [3.8, 4) is 0 Å². The van der Waals surface area contributed by atoms with Gasteiger partial charge in [-0.05, 0) is 25.5 Å². The standard InChI is InChI=1S/C13H16N2O2/c1-4-13(3)10(2)15(12(16)17-13)14-11-8-6-5-7-9-11/h5-9,14H,2,4H2,1,3H3. The average Bonchev–Trinajstić information content (AvgIpc) is 2.55. The van der Waals surface area contributed by atoms with Gasteiger partial charge in [-0.2, -0.15) is 5.01 Å². The van der Waals surface area contributed by atoms with E-state index in [9.17, 15) is 4.79 Å². The minimum absolute atomic E-state index is 0.414. The Morgan fingerprint density at radius 2 is 2.06 bits per heavy atom. The summed E-state index contributed by atoms with van der Waals surface area (Å²) in [5.41, 5.74) is 3.84. The molecule has 4 heteroatoms. The molecule has 1 N–H and O–H groups in total. The lowest BCUT2D eigenvalue weighted by molar-refractivity contribution is 0.0794. The van der Waals surface area contributed by atoms with Crippen molar-refractivity contribution in [3.63, 3.8) is 0 Å². The number of carbonyl (C=O) groups excluding carboxylic acids is 1. The number of nitrogens with zero attached hydrogens (tertiary/aromatic N) is 1. The molecule has 1 amide bonds. The van der Waals surface area contributed by atoms with Gasteiger partial charge in [0.15, 0.2) is 5.60 Å². The largest absolute Gasteiger partial charge is 0.435 e. The summed E-state index contributed by atoms with van der Waals surface area (Å²) >= 11 is 0. The molecule has 1 heterocycles. The van der Waals surface area contributed by atoms with Crippen LogP contribution >= 0.6 is 0 Å². The third kappa shape index (κ3) is 1.98. The number of para-hydroxylation sites is 1. The molecule has 0 radical (unpaired) electrons. The highest BCUT2D eigenvalue weighted by Gasteiger charge is 2.44. The van der Waals surface area contributed by atoms with E-state index >= 15 is 0 Å². The van der Waals surface area contributed by atoms with Crippen LogP contribution in [-0.4, -0.2) is 16.7 Å². The van der Waals surface area contributed by atoms with Crippen LogP contribution in [0.1, 0.15) is 20.3 Å². The molecule has 1 aliphatic rings. The molecule has 1 atom stereocenters. The van der Waals surface area contributed by atoms with Crippen molar-refractivity contribution < 1.29 is 9.53 Å². The van der Waals surface area contributed by atoms with Crippen LogP contribution < -0.4 is 5.43 Å². The first-order valence-electron chi connectivity index (χ1n) is 5.61. The van der Waals surface area contributed by atoms with Crippen molar-refractivity contribution in [1.82, 2.24) is 5.01 Å². The number of hydrogen-bond donors (Lipinski definition) is 1. The molecule has 1 saturated heterocycles. The zero-order chi connectivity index (χ0) is 12.5. The van der Waals surface area contributed by atoms with E-state index in [4.69, 9.17) is 4.74 Å². The van der Waals surface area contributed by atoms with Crippen LogP contribution in [0.3, 0.4) is 0 Å². The third-order valence-electron chi connectivity index (χ3n) is 3.06. The molecule has 0 aromatic heterocycles. The van der Waals surface area contributed by atoms with Gasteiger partial charge < -0.3 is 4.74 Å². The van der Waals surface area contributed by atoms with Gasteiger partial charge in [0.1, 0.15) is 0 Å². The summed E-state index contributed by atoms with van der Waals surface area (Å²) in [5, 5.41) is 1.36. The van der Waals surface area contributed by atoms with Crippen molar-refractivity contribution in [2.45, 2.75) is 25.9 Å². The van der Waals surface area contributed by atoms with Crippen molar-refractivity contribution >= 4 is 11.8 Å². The first-order chi connectivity index (χ1) is 8.07. The minimum Gasteiger partial charge on any atom is -0.435 e. The molecule has 1 aromatic rings. The van der Waals surface area contributed by atoms with E-state index in [0.717, 1.165) is 5.69 Å². The summed E-state index contributed by atoms with van der Waals surface area (Å²) in [6.07, 6.45) is 0.285. The molecular formula is C13H16N2O2. The number of nitrogens with one attached hydrogen (secondary N) is 1. The molecule has 1 fully saturated rings. The fraction of sp³-hybridized carbons (Fsp3) is 0.308. The number of amides is 1. The second-order valence-electron chi connectivity index (χ2n) is 4.21. The van der Waals surface area contributed by atoms with Gasteiger partial charge in [0.05, 0.1) is 11.4 Å². The molecule has 0 saturated carbocycles. The van der Waals surface area contributed by atoms with Crippen LogP contribution in [0.2, 0.25) is 0 Å². The predicted molar refractivity (Wildman–Crippen MR) is 66.2 cm³/mol. The Kier molecular flexibility index (Phi) is 2.79. The van der Waals surface area contributed by atoms with Crippen molar-refractivity contribution in [2.75, 3.05) is 5.43 Å². The number of benzene rings is 1. The lowest BCUT2D eigenvalue weighted by Crippen LogP contribution is -2.31. The van der Waals surface area contributed by atoms with Crippen molar-refractivity contribution in [2.24, 2.45) is 0 Å². The summed E-state index contributed by atoms with van der Waals surface area (Å²) in [5.74, 6) is 0. The number of rotatable bonds is 3. The summed E-state index contributed by atoms with van der Waals surface area (Å²) in [7, 11) is 0. The Morgan fingerprint density at radius 3 is 2.59 bits per heavy atom. The maximum Gasteiger partial charge on any atom is 0.434 e. The maximum absolute atomic E-state index is 11.7. The Hall–Kier alpha value is -1.97. The molecule has 4 nitrogen and oxygen atoms in total. The zero-order valence-electron chi connectivity index (χ0n) is 10.1. The SMILES string of the molecule is C=C1N(Nc2ccccc2)C(=O)OC1(C)CC. The van der Waals surface area contributed by atoms with E-state index in [1.807, 2.05) is 44.2 Å². The molecule has 0 spiro atoms. The number of carbonyl (C=O) groups is 1. The maximum atomic E-state index is 11.7. The van der Waals surface area contributed by atoms with Gasteiger partial charge in [-0.25, -0.2) is 4.79 Å². The average molecular weight is 232 g/mol. The molecule has 90 valence electrons. The number of hydrazine groups is 1. The van der Waals surface area contributed by atoms with Gasteiger partial charge in [-0.1, -0.05) is 31.7 Å². The molecular weight excluding hydrogens is 216 g/mol. The molecule has 1 aliphatic heterocycles. The Balaban J connectivity index is 2.18. The summed E-state index contributed by atoms with van der Waals surface area (Å²) in [6, 6.07) is 9.46. The minimum atomic E-state index is -0.612. The van der Waals surface area contributed by atoms with Gasteiger partial charge >= 0.3 is 6.09 Å². The quantitative estimate of drug-likeness (QED) is 0.870. The Morgan fingerprint density at radius 1 is 1.41 bits per heavy atom. The lowest BCUT2D eigenvalue weighted by Gasteiger charge is -2.22. The molecule has 0 bridgehead atoms. The highest BCUT2D eigenvalue weighted by atomic mass is 16.6. The fourth-order valence-corrected chi connectivity index (χ4v) is 1.68. The van der Waals surface area contributed by atoms with Gasteiger partial charge in [-0.15, -0.1) is 0 Å². The zero-order valence-corrected chi connectivity index (χ0v) is 10.1. The van der Waals surface area contributed by atoms with E-state index in [0.29, 0.717) is 12.1 Å². The van der Waals surface area contributed by atoms with Crippen LogP contribution in [0, 0.1) is 0 Å². The third-order valence-corrected chi connectivity index (χ3v) is 3.06. The topological polar surface area (TPSA) is 41.6 Å². The van der Waals surface area contributed by atoms with Crippen LogP contribution in [-0.2, 0) is 4.74 Å². The summed E-state index contributed by atoms with van der Waals surface area (Å²) in [4.78, 5) is 11.7. The second kappa shape index (κ2) is 4.13. The van der Waals surface area contributed by atoms with E-state index in [1.165, 1.54) is 5.01 Å². The molecule has 0 aliphatic carbocycles. The Labute approximate surface area is 101 Å². The lowest BCUT2D eigenvalue weighted by atomic mass is 10.0. The molecule has 17 heavy (non-hydrogen) atoms. The highest BCUT2D eigenvalue weighted by Crippen LogP contribution is 2.34. The van der Waals surface area contributed by atoms with Crippen LogP contribution in [0.15, 0.2) is 42.6 Å². The summed E-state index contributed by atoms with van der Waals surface area (Å²) in [6.45, 7) is 7.75. The number of ether oxygens (including phenoxy) is 1. The van der Waals surface area contributed by atoms with Crippen molar-refractivity contribution in [1.29, 1.82) is 0 Å². The predicted octanol–water partition coefficient (Wildman–Crippen LogP) is 3.15. The van der Waals surface area contributed by atoms with Crippen LogP contribution in [0.25, 0.3) is 0 Å². The normalized spacial score (nSPS) is 23.8. The van der Waals surface area contributed by atoms with Gasteiger partial charge in [0.2, 0.25) is 0 Å². The molecule has 2 rings (SSSR count).